The van der Waals surface area contributed by atoms with Gasteiger partial charge in [0.1, 0.15) is 0 Å². The number of fused-ring (bicyclic) bond motifs is 1. The number of halogens is 1. The van der Waals surface area contributed by atoms with E-state index in [9.17, 15) is 4.79 Å². The summed E-state index contributed by atoms with van der Waals surface area (Å²) in [5.41, 5.74) is 1.58. The van der Waals surface area contributed by atoms with Crippen molar-refractivity contribution < 1.29 is 4.42 Å². The van der Waals surface area contributed by atoms with Crippen molar-refractivity contribution in [1.29, 1.82) is 0 Å². The molecule has 7 heteroatoms. The van der Waals surface area contributed by atoms with Crippen molar-refractivity contribution >= 4 is 26.8 Å². The van der Waals surface area contributed by atoms with Crippen LogP contribution in [0.3, 0.4) is 0 Å². The van der Waals surface area contributed by atoms with Crippen molar-refractivity contribution in [2.75, 3.05) is 0 Å². The van der Waals surface area contributed by atoms with Gasteiger partial charge in [0.15, 0.2) is 0 Å². The van der Waals surface area contributed by atoms with Gasteiger partial charge in [-0.2, -0.15) is 0 Å². The van der Waals surface area contributed by atoms with E-state index in [-0.39, 0.29) is 5.89 Å². The van der Waals surface area contributed by atoms with Crippen LogP contribution >= 0.6 is 15.9 Å². The molecule has 0 spiro atoms. The molecule has 0 aromatic carbocycles. The minimum absolute atomic E-state index is 0.246. The van der Waals surface area contributed by atoms with Crippen LogP contribution in [0.5, 0.6) is 0 Å². The van der Waals surface area contributed by atoms with E-state index >= 15 is 0 Å². The normalized spacial score (nSPS) is 11.1. The number of hydrogen-bond acceptors (Lipinski definition) is 4. The van der Waals surface area contributed by atoms with Gasteiger partial charge in [-0.25, -0.2) is 9.89 Å². The summed E-state index contributed by atoms with van der Waals surface area (Å²) >= 11 is 3.37. The first kappa shape index (κ1) is 9.34. The van der Waals surface area contributed by atoms with Gasteiger partial charge in [-0.05, 0) is 15.9 Å². The van der Waals surface area contributed by atoms with Crippen molar-refractivity contribution in [2.24, 2.45) is 0 Å². The number of nitrogens with one attached hydrogen (secondary N) is 2. The van der Waals surface area contributed by atoms with Gasteiger partial charge in [0.05, 0.1) is 15.6 Å². The van der Waals surface area contributed by atoms with Gasteiger partial charge in [-0.3, -0.25) is 4.98 Å². The van der Waals surface area contributed by atoms with E-state index in [1.165, 1.54) is 0 Å². The fraction of sp³-hybridized carbons (Fsp3) is 0. The van der Waals surface area contributed by atoms with E-state index in [4.69, 9.17) is 4.42 Å². The Morgan fingerprint density at radius 2 is 2.25 bits per heavy atom. The molecule has 0 aliphatic carbocycles. The Morgan fingerprint density at radius 3 is 3.00 bits per heavy atom. The van der Waals surface area contributed by atoms with E-state index < -0.39 is 5.76 Å². The predicted octanol–water partition coefficient (Wildman–Crippen LogP) is 1.67. The first-order chi connectivity index (χ1) is 7.75. The van der Waals surface area contributed by atoms with Crippen LogP contribution in [0.2, 0.25) is 0 Å². The Bertz CT molecular complexity index is 711. The van der Waals surface area contributed by atoms with Crippen LogP contribution in [0, 0.1) is 0 Å². The van der Waals surface area contributed by atoms with E-state index in [0.29, 0.717) is 5.56 Å². The fourth-order valence-electron chi connectivity index (χ4n) is 1.53. The average Bonchev–Trinajstić information content (AvgIpc) is 2.84. The summed E-state index contributed by atoms with van der Waals surface area (Å²) in [6.07, 6.45) is 5.08. The average molecular weight is 281 g/mol. The van der Waals surface area contributed by atoms with E-state index in [1.54, 1.807) is 18.6 Å². The Morgan fingerprint density at radius 1 is 1.38 bits per heavy atom. The smallest absolute Gasteiger partial charge is 0.388 e. The maximum absolute atomic E-state index is 10.9. The molecular formula is C9H5BrN4O2. The Hall–Kier alpha value is -1.89. The molecule has 3 aromatic heterocycles. The predicted molar refractivity (Wildman–Crippen MR) is 59.9 cm³/mol. The highest BCUT2D eigenvalue weighted by Gasteiger charge is 2.12. The number of aromatic amines is 2. The molecule has 16 heavy (non-hydrogen) atoms. The summed E-state index contributed by atoms with van der Waals surface area (Å²) in [5.74, 6) is -0.330. The molecule has 3 aromatic rings. The van der Waals surface area contributed by atoms with E-state index in [1.807, 2.05) is 0 Å². The number of pyridine rings is 1. The van der Waals surface area contributed by atoms with Crippen molar-refractivity contribution in [3.05, 3.63) is 33.6 Å². The minimum atomic E-state index is -0.577. The molecule has 80 valence electrons. The number of H-pyrrole nitrogens is 2. The van der Waals surface area contributed by atoms with Gasteiger partial charge in [0.25, 0.3) is 5.89 Å². The monoisotopic (exact) mass is 280 g/mol. The van der Waals surface area contributed by atoms with Gasteiger partial charge in [-0.15, -0.1) is 5.10 Å². The lowest BCUT2D eigenvalue weighted by atomic mass is 10.2. The molecule has 0 saturated heterocycles. The molecule has 3 heterocycles. The molecule has 0 unspecified atom stereocenters. The van der Waals surface area contributed by atoms with Gasteiger partial charge >= 0.3 is 5.76 Å². The first-order valence-corrected chi connectivity index (χ1v) is 5.21. The van der Waals surface area contributed by atoms with Crippen molar-refractivity contribution in [2.45, 2.75) is 0 Å². The maximum Gasteiger partial charge on any atom is 0.434 e. The van der Waals surface area contributed by atoms with Crippen LogP contribution < -0.4 is 5.76 Å². The quantitative estimate of drug-likeness (QED) is 0.710. The first-order valence-electron chi connectivity index (χ1n) is 4.42. The molecule has 0 atom stereocenters. The number of aromatic nitrogens is 4. The maximum atomic E-state index is 10.9. The fourth-order valence-corrected chi connectivity index (χ4v) is 1.98. The van der Waals surface area contributed by atoms with Crippen LogP contribution in [0.15, 0.2) is 32.3 Å². The number of hydrogen-bond donors (Lipinski definition) is 2. The molecule has 6 nitrogen and oxygen atoms in total. The molecule has 0 radical (unpaired) electrons. The SMILES string of the molecule is O=c1[nH]nc(-c2c[nH]c3c(Br)cncc23)o1. The molecule has 0 amide bonds. The van der Waals surface area contributed by atoms with E-state index in [2.05, 4.69) is 36.1 Å². The van der Waals surface area contributed by atoms with Crippen LogP contribution in [0.25, 0.3) is 22.4 Å². The summed E-state index contributed by atoms with van der Waals surface area (Å²) in [7, 11) is 0. The minimum Gasteiger partial charge on any atom is -0.388 e. The third-order valence-corrected chi connectivity index (χ3v) is 2.82. The Kier molecular flexibility index (Phi) is 1.93. The summed E-state index contributed by atoms with van der Waals surface area (Å²) in [6, 6.07) is 0. The van der Waals surface area contributed by atoms with Crippen molar-refractivity contribution in [3.8, 4) is 11.5 Å². The number of rotatable bonds is 1. The lowest BCUT2D eigenvalue weighted by molar-refractivity contribution is 0.527. The highest BCUT2D eigenvalue weighted by Crippen LogP contribution is 2.29. The molecule has 0 fully saturated rings. The lowest BCUT2D eigenvalue weighted by Crippen LogP contribution is -1.93. The second-order valence-corrected chi connectivity index (χ2v) is 4.02. The van der Waals surface area contributed by atoms with Gasteiger partial charge < -0.3 is 9.40 Å². The zero-order valence-electron chi connectivity index (χ0n) is 7.82. The highest BCUT2D eigenvalue weighted by molar-refractivity contribution is 9.10. The Balaban J connectivity index is 2.33. The number of nitrogens with zero attached hydrogens (tertiary/aromatic N) is 2. The molecule has 0 bridgehead atoms. The van der Waals surface area contributed by atoms with Gasteiger partial charge in [0, 0.05) is 24.0 Å². The molecule has 2 N–H and O–H groups in total. The largest absolute Gasteiger partial charge is 0.434 e. The highest BCUT2D eigenvalue weighted by atomic mass is 79.9. The van der Waals surface area contributed by atoms with Crippen LogP contribution in [-0.2, 0) is 0 Å². The van der Waals surface area contributed by atoms with Crippen LogP contribution in [-0.4, -0.2) is 20.2 Å². The summed E-state index contributed by atoms with van der Waals surface area (Å²) in [5, 5.41) is 6.83. The van der Waals surface area contributed by atoms with Crippen LogP contribution in [0.4, 0.5) is 0 Å². The summed E-state index contributed by atoms with van der Waals surface area (Å²) in [4.78, 5) is 18.0. The summed E-state index contributed by atoms with van der Waals surface area (Å²) < 4.78 is 5.73. The van der Waals surface area contributed by atoms with Gasteiger partial charge in [-0.1, -0.05) is 0 Å². The molecule has 0 aliphatic heterocycles. The third-order valence-electron chi connectivity index (χ3n) is 2.22. The van der Waals surface area contributed by atoms with E-state index in [0.717, 1.165) is 15.4 Å². The standard InChI is InChI=1S/C9H5BrN4O2/c10-6-3-11-1-4-5(2-12-7(4)6)8-13-14-9(15)16-8/h1-3,12H,(H,14,15). The van der Waals surface area contributed by atoms with Crippen molar-refractivity contribution in [3.63, 3.8) is 0 Å². The molecule has 3 rings (SSSR count). The second-order valence-electron chi connectivity index (χ2n) is 3.16. The molecular weight excluding hydrogens is 276 g/mol. The third kappa shape index (κ3) is 1.28. The Labute approximate surface area is 96.8 Å². The zero-order valence-corrected chi connectivity index (χ0v) is 9.41. The summed E-state index contributed by atoms with van der Waals surface area (Å²) in [6.45, 7) is 0. The molecule has 0 aliphatic rings. The second kappa shape index (κ2) is 3.31. The van der Waals surface area contributed by atoms with Crippen LogP contribution in [0.1, 0.15) is 0 Å². The van der Waals surface area contributed by atoms with Crippen molar-refractivity contribution in [1.82, 2.24) is 20.2 Å². The zero-order chi connectivity index (χ0) is 11.1. The topological polar surface area (TPSA) is 87.6 Å². The lowest BCUT2D eigenvalue weighted by Gasteiger charge is -1.93. The molecule has 0 saturated carbocycles. The van der Waals surface area contributed by atoms with Gasteiger partial charge in [0.2, 0.25) is 0 Å².